The normalized spacial score (nSPS) is 19.3. The third-order valence-corrected chi connectivity index (χ3v) is 3.92. The van der Waals surface area contributed by atoms with Gasteiger partial charge in [0.05, 0.1) is 11.3 Å². The molecule has 1 fully saturated rings. The Labute approximate surface area is 117 Å². The number of anilines is 1. The molecule has 0 bridgehead atoms. The van der Waals surface area contributed by atoms with Crippen molar-refractivity contribution in [3.63, 3.8) is 0 Å². The maximum atomic E-state index is 9.16. The van der Waals surface area contributed by atoms with Gasteiger partial charge in [-0.05, 0) is 50.0 Å². The maximum absolute atomic E-state index is 9.16. The number of nitrogens with zero attached hydrogens (tertiary/aromatic N) is 2. The Hall–Kier alpha value is -1.05. The molecule has 0 amide bonds. The van der Waals surface area contributed by atoms with Crippen LogP contribution in [0.15, 0.2) is 22.7 Å². The molecule has 0 aromatic heterocycles. The number of hydrogen-bond acceptors (Lipinski definition) is 3. The van der Waals surface area contributed by atoms with Crippen LogP contribution in [-0.2, 0) is 0 Å². The first kappa shape index (κ1) is 13.4. The number of hydrogen-bond donors (Lipinski definition) is 1. The quantitative estimate of drug-likeness (QED) is 0.933. The summed E-state index contributed by atoms with van der Waals surface area (Å²) >= 11 is 3.47. The lowest BCUT2D eigenvalue weighted by Gasteiger charge is -2.29. The number of piperidine rings is 1. The summed E-state index contributed by atoms with van der Waals surface area (Å²) in [5.41, 5.74) is 1.75. The number of rotatable bonds is 3. The van der Waals surface area contributed by atoms with Gasteiger partial charge in [-0.25, -0.2) is 0 Å². The Bertz CT molecular complexity index is 447. The average molecular weight is 308 g/mol. The van der Waals surface area contributed by atoms with Crippen molar-refractivity contribution in [2.75, 3.05) is 31.6 Å². The molecule has 96 valence electrons. The van der Waals surface area contributed by atoms with Gasteiger partial charge >= 0.3 is 0 Å². The van der Waals surface area contributed by atoms with Crippen LogP contribution in [0.4, 0.5) is 5.69 Å². The predicted molar refractivity (Wildman–Crippen MR) is 77.7 cm³/mol. The minimum Gasteiger partial charge on any atom is -0.373 e. The Morgan fingerprint density at radius 1 is 1.56 bits per heavy atom. The summed E-state index contributed by atoms with van der Waals surface area (Å²) in [6.07, 6.45) is 2.52. The SMILES string of the molecule is CN(CC1CCCNC1)c1cc(Br)ccc1C#N. The van der Waals surface area contributed by atoms with Crippen LogP contribution in [0.1, 0.15) is 18.4 Å². The van der Waals surface area contributed by atoms with E-state index >= 15 is 0 Å². The van der Waals surface area contributed by atoms with Gasteiger partial charge in [0, 0.05) is 18.1 Å². The van der Waals surface area contributed by atoms with Crippen molar-refractivity contribution in [2.45, 2.75) is 12.8 Å². The largest absolute Gasteiger partial charge is 0.373 e. The molecule has 1 N–H and O–H groups in total. The molecule has 1 aromatic rings. The summed E-state index contributed by atoms with van der Waals surface area (Å²) in [4.78, 5) is 2.20. The summed E-state index contributed by atoms with van der Waals surface area (Å²) in [6.45, 7) is 3.22. The van der Waals surface area contributed by atoms with E-state index in [4.69, 9.17) is 5.26 Å². The van der Waals surface area contributed by atoms with Crippen molar-refractivity contribution in [1.29, 1.82) is 5.26 Å². The Kier molecular flexibility index (Phi) is 4.62. The fraction of sp³-hybridized carbons (Fsp3) is 0.500. The fourth-order valence-electron chi connectivity index (χ4n) is 2.48. The second-order valence-electron chi connectivity index (χ2n) is 4.87. The molecule has 0 radical (unpaired) electrons. The fourth-order valence-corrected chi connectivity index (χ4v) is 2.83. The molecule has 2 rings (SSSR count). The molecule has 1 aromatic carbocycles. The minimum atomic E-state index is 0.675. The number of benzene rings is 1. The van der Waals surface area contributed by atoms with Crippen molar-refractivity contribution in [1.82, 2.24) is 5.32 Å². The van der Waals surface area contributed by atoms with E-state index in [2.05, 4.69) is 39.3 Å². The number of nitrogens with one attached hydrogen (secondary N) is 1. The summed E-state index contributed by atoms with van der Waals surface area (Å²) in [5.74, 6) is 0.675. The van der Waals surface area contributed by atoms with Crippen LogP contribution in [0.5, 0.6) is 0 Å². The first-order chi connectivity index (χ1) is 8.70. The van der Waals surface area contributed by atoms with Crippen LogP contribution in [0.2, 0.25) is 0 Å². The van der Waals surface area contributed by atoms with Crippen molar-refractivity contribution in [3.8, 4) is 6.07 Å². The van der Waals surface area contributed by atoms with Crippen molar-refractivity contribution in [2.24, 2.45) is 5.92 Å². The van der Waals surface area contributed by atoms with Gasteiger partial charge in [0.15, 0.2) is 0 Å². The Morgan fingerprint density at radius 2 is 2.39 bits per heavy atom. The van der Waals surface area contributed by atoms with E-state index in [-0.39, 0.29) is 0 Å². The van der Waals surface area contributed by atoms with Gasteiger partial charge in [-0.1, -0.05) is 15.9 Å². The van der Waals surface area contributed by atoms with Crippen molar-refractivity contribution in [3.05, 3.63) is 28.2 Å². The van der Waals surface area contributed by atoms with Gasteiger partial charge in [-0.15, -0.1) is 0 Å². The highest BCUT2D eigenvalue weighted by Gasteiger charge is 2.16. The van der Waals surface area contributed by atoms with Gasteiger partial charge < -0.3 is 10.2 Å². The predicted octanol–water partition coefficient (Wildman–Crippen LogP) is 2.76. The van der Waals surface area contributed by atoms with Gasteiger partial charge in [0.1, 0.15) is 6.07 Å². The number of nitriles is 1. The highest BCUT2D eigenvalue weighted by Crippen LogP contribution is 2.25. The second-order valence-corrected chi connectivity index (χ2v) is 5.78. The summed E-state index contributed by atoms with van der Waals surface area (Å²) in [5, 5.41) is 12.6. The molecule has 3 nitrogen and oxygen atoms in total. The monoisotopic (exact) mass is 307 g/mol. The average Bonchev–Trinajstić information content (AvgIpc) is 2.40. The molecule has 1 aliphatic heterocycles. The maximum Gasteiger partial charge on any atom is 0.101 e. The van der Waals surface area contributed by atoms with Gasteiger partial charge in [0.25, 0.3) is 0 Å². The van der Waals surface area contributed by atoms with Crippen LogP contribution >= 0.6 is 15.9 Å². The van der Waals surface area contributed by atoms with Gasteiger partial charge in [0.2, 0.25) is 0 Å². The molecule has 1 heterocycles. The van der Waals surface area contributed by atoms with Gasteiger partial charge in [-0.3, -0.25) is 0 Å². The molecule has 0 aliphatic carbocycles. The highest BCUT2D eigenvalue weighted by molar-refractivity contribution is 9.10. The molecule has 4 heteroatoms. The standard InChI is InChI=1S/C14H18BrN3/c1-18(10-11-3-2-6-17-9-11)14-7-13(15)5-4-12(14)8-16/h4-5,7,11,17H,2-3,6,9-10H2,1H3. The zero-order chi connectivity index (χ0) is 13.0. The van der Waals surface area contributed by atoms with Crippen LogP contribution in [-0.4, -0.2) is 26.7 Å². The Balaban J connectivity index is 2.10. The lowest BCUT2D eigenvalue weighted by atomic mass is 9.99. The molecular weight excluding hydrogens is 290 g/mol. The van der Waals surface area contributed by atoms with Crippen LogP contribution in [0, 0.1) is 17.2 Å². The van der Waals surface area contributed by atoms with E-state index < -0.39 is 0 Å². The molecule has 1 saturated heterocycles. The third kappa shape index (κ3) is 3.24. The first-order valence-corrected chi connectivity index (χ1v) is 7.11. The third-order valence-electron chi connectivity index (χ3n) is 3.42. The van der Waals surface area contributed by atoms with Crippen LogP contribution in [0.3, 0.4) is 0 Å². The van der Waals surface area contributed by atoms with Gasteiger partial charge in [-0.2, -0.15) is 5.26 Å². The van der Waals surface area contributed by atoms with Crippen molar-refractivity contribution < 1.29 is 0 Å². The molecule has 0 spiro atoms. The van der Waals surface area contributed by atoms with E-state index in [0.29, 0.717) is 5.92 Å². The molecular formula is C14H18BrN3. The van der Waals surface area contributed by atoms with Crippen LogP contribution < -0.4 is 10.2 Å². The molecule has 1 atom stereocenters. The van der Waals surface area contributed by atoms with Crippen molar-refractivity contribution >= 4 is 21.6 Å². The van der Waals surface area contributed by atoms with E-state index in [1.165, 1.54) is 12.8 Å². The summed E-state index contributed by atoms with van der Waals surface area (Å²) in [6, 6.07) is 8.07. The smallest absolute Gasteiger partial charge is 0.101 e. The second kappa shape index (κ2) is 6.21. The van der Waals surface area contributed by atoms with E-state index in [1.54, 1.807) is 0 Å². The lowest BCUT2D eigenvalue weighted by molar-refractivity contribution is 0.381. The zero-order valence-corrected chi connectivity index (χ0v) is 12.2. The molecule has 1 aliphatic rings. The molecule has 0 saturated carbocycles. The zero-order valence-electron chi connectivity index (χ0n) is 10.6. The van der Waals surface area contributed by atoms with E-state index in [0.717, 1.165) is 35.4 Å². The van der Waals surface area contributed by atoms with Crippen LogP contribution in [0.25, 0.3) is 0 Å². The first-order valence-electron chi connectivity index (χ1n) is 6.32. The van der Waals surface area contributed by atoms with E-state index in [9.17, 15) is 0 Å². The highest BCUT2D eigenvalue weighted by atomic mass is 79.9. The topological polar surface area (TPSA) is 39.1 Å². The molecule has 18 heavy (non-hydrogen) atoms. The Morgan fingerprint density at radius 3 is 3.06 bits per heavy atom. The molecule has 1 unspecified atom stereocenters. The summed E-state index contributed by atoms with van der Waals surface area (Å²) < 4.78 is 1.02. The lowest BCUT2D eigenvalue weighted by Crippen LogP contribution is -2.37. The van der Waals surface area contributed by atoms with E-state index in [1.807, 2.05) is 18.2 Å². The minimum absolute atomic E-state index is 0.675. The number of halogens is 1. The summed E-state index contributed by atoms with van der Waals surface area (Å²) in [7, 11) is 2.07.